The SMILES string of the molecule is c1cc(-c2cccc(-c3ccc4oc5cccnc5c4c3)c2)cc(-c2ccc3sc4ccc(-c5ccc6oc7cccnc7c6c5)cc4c3c2)c1. The Kier molecular flexibility index (Phi) is 6.09. The molecule has 0 radical (unpaired) electrons. The topological polar surface area (TPSA) is 52.1 Å². The largest absolute Gasteiger partial charge is 0.454 e. The second-order valence-corrected chi connectivity index (χ2v) is 14.1. The van der Waals surface area contributed by atoms with Crippen LogP contribution in [0.15, 0.2) is 167 Å². The third-order valence-corrected chi connectivity index (χ3v) is 11.1. The predicted molar refractivity (Wildman–Crippen MR) is 211 cm³/mol. The molecule has 0 aliphatic rings. The zero-order valence-electron chi connectivity index (χ0n) is 27.1. The Balaban J connectivity index is 0.960. The molecule has 0 bridgehead atoms. The van der Waals surface area contributed by atoms with Gasteiger partial charge in [0.15, 0.2) is 11.2 Å². The van der Waals surface area contributed by atoms with Gasteiger partial charge in [0.25, 0.3) is 0 Å². The van der Waals surface area contributed by atoms with Gasteiger partial charge in [0, 0.05) is 43.3 Å². The van der Waals surface area contributed by atoms with Crippen LogP contribution in [0.3, 0.4) is 0 Å². The molecule has 0 aliphatic carbocycles. The molecule has 0 spiro atoms. The summed E-state index contributed by atoms with van der Waals surface area (Å²) in [5.41, 5.74) is 14.5. The Morgan fingerprint density at radius 3 is 1.18 bits per heavy atom. The molecule has 238 valence electrons. The maximum atomic E-state index is 6.03. The zero-order chi connectivity index (χ0) is 33.5. The van der Waals surface area contributed by atoms with Crippen molar-refractivity contribution in [3.05, 3.63) is 158 Å². The molecule has 5 heteroatoms. The van der Waals surface area contributed by atoms with Gasteiger partial charge in [-0.1, -0.05) is 60.7 Å². The van der Waals surface area contributed by atoms with Gasteiger partial charge in [-0.2, -0.15) is 0 Å². The third kappa shape index (κ3) is 4.59. The highest BCUT2D eigenvalue weighted by Crippen LogP contribution is 2.40. The van der Waals surface area contributed by atoms with Crippen LogP contribution < -0.4 is 0 Å². The minimum Gasteiger partial charge on any atom is -0.454 e. The summed E-state index contributed by atoms with van der Waals surface area (Å²) in [5, 5.41) is 4.61. The highest BCUT2D eigenvalue weighted by Gasteiger charge is 2.14. The smallest absolute Gasteiger partial charge is 0.153 e. The van der Waals surface area contributed by atoms with E-state index in [2.05, 4.69) is 125 Å². The van der Waals surface area contributed by atoms with Gasteiger partial charge in [-0.3, -0.25) is 9.97 Å². The Bertz CT molecular complexity index is 3170. The molecule has 5 heterocycles. The highest BCUT2D eigenvalue weighted by molar-refractivity contribution is 7.25. The number of fused-ring (bicyclic) bond motifs is 9. The summed E-state index contributed by atoms with van der Waals surface area (Å²) in [6, 6.07) is 51.8. The van der Waals surface area contributed by atoms with E-state index in [1.54, 1.807) is 0 Å². The molecular weight excluding hydrogens is 645 g/mol. The van der Waals surface area contributed by atoms with Crippen molar-refractivity contribution >= 4 is 75.6 Å². The summed E-state index contributed by atoms with van der Waals surface area (Å²) in [7, 11) is 0. The fourth-order valence-corrected chi connectivity index (χ4v) is 8.51. The number of benzene rings is 6. The van der Waals surface area contributed by atoms with Crippen molar-refractivity contribution in [3.8, 4) is 44.5 Å². The number of rotatable bonds is 4. The summed E-state index contributed by atoms with van der Waals surface area (Å²) < 4.78 is 14.6. The molecular formula is C46H26N2O2S. The normalized spacial score (nSPS) is 11.9. The molecule has 51 heavy (non-hydrogen) atoms. The minimum atomic E-state index is 0.808. The fourth-order valence-electron chi connectivity index (χ4n) is 7.45. The molecule has 0 unspecified atom stereocenters. The van der Waals surface area contributed by atoms with Crippen LogP contribution in [0.4, 0.5) is 0 Å². The van der Waals surface area contributed by atoms with Gasteiger partial charge in [0.1, 0.15) is 22.2 Å². The number of thiophene rings is 1. The third-order valence-electron chi connectivity index (χ3n) is 9.98. The van der Waals surface area contributed by atoms with Gasteiger partial charge in [0.05, 0.1) is 0 Å². The van der Waals surface area contributed by atoms with Crippen LogP contribution >= 0.6 is 11.3 Å². The number of nitrogens with zero attached hydrogens (tertiary/aromatic N) is 2. The molecule has 6 aromatic carbocycles. The van der Waals surface area contributed by atoms with Crippen molar-refractivity contribution in [1.82, 2.24) is 9.97 Å². The van der Waals surface area contributed by atoms with Gasteiger partial charge in [0.2, 0.25) is 0 Å². The first kappa shape index (κ1) is 28.3. The molecule has 0 saturated heterocycles. The molecule has 0 atom stereocenters. The first-order chi connectivity index (χ1) is 25.2. The van der Waals surface area contributed by atoms with Gasteiger partial charge < -0.3 is 8.83 Å². The molecule has 0 aliphatic heterocycles. The quantitative estimate of drug-likeness (QED) is 0.187. The lowest BCUT2D eigenvalue weighted by molar-refractivity contribution is 0.668. The van der Waals surface area contributed by atoms with Crippen molar-refractivity contribution in [2.45, 2.75) is 0 Å². The van der Waals surface area contributed by atoms with E-state index in [4.69, 9.17) is 8.83 Å². The zero-order valence-corrected chi connectivity index (χ0v) is 27.9. The molecule has 5 aromatic heterocycles. The van der Waals surface area contributed by atoms with E-state index in [0.29, 0.717) is 0 Å². The Morgan fingerprint density at radius 2 is 0.725 bits per heavy atom. The van der Waals surface area contributed by atoms with Crippen LogP contribution in [0.1, 0.15) is 0 Å². The maximum Gasteiger partial charge on any atom is 0.153 e. The lowest BCUT2D eigenvalue weighted by Crippen LogP contribution is -1.84. The van der Waals surface area contributed by atoms with Crippen molar-refractivity contribution in [2.75, 3.05) is 0 Å². The number of hydrogen-bond acceptors (Lipinski definition) is 5. The van der Waals surface area contributed by atoms with Crippen LogP contribution in [0.2, 0.25) is 0 Å². The van der Waals surface area contributed by atoms with Gasteiger partial charge >= 0.3 is 0 Å². The number of aromatic nitrogens is 2. The first-order valence-corrected chi connectivity index (χ1v) is 17.8. The monoisotopic (exact) mass is 670 g/mol. The maximum absolute atomic E-state index is 6.03. The molecule has 0 fully saturated rings. The molecule has 11 aromatic rings. The molecule has 0 amide bonds. The summed E-state index contributed by atoms with van der Waals surface area (Å²) in [4.78, 5) is 9.17. The Labute approximate surface area is 295 Å². The van der Waals surface area contributed by atoms with E-state index in [9.17, 15) is 0 Å². The van der Waals surface area contributed by atoms with E-state index in [1.807, 2.05) is 54.1 Å². The molecule has 0 saturated carbocycles. The van der Waals surface area contributed by atoms with E-state index in [1.165, 1.54) is 48.0 Å². The number of hydrogen-bond donors (Lipinski definition) is 0. The minimum absolute atomic E-state index is 0.808. The van der Waals surface area contributed by atoms with Crippen molar-refractivity contribution in [2.24, 2.45) is 0 Å². The molecule has 0 N–H and O–H groups in total. The summed E-state index contributed by atoms with van der Waals surface area (Å²) >= 11 is 1.84. The number of furan rings is 2. The van der Waals surface area contributed by atoms with E-state index in [0.717, 1.165) is 60.8 Å². The van der Waals surface area contributed by atoms with E-state index in [-0.39, 0.29) is 0 Å². The van der Waals surface area contributed by atoms with Crippen LogP contribution in [-0.2, 0) is 0 Å². The summed E-state index contributed by atoms with van der Waals surface area (Å²) in [5.74, 6) is 0. The van der Waals surface area contributed by atoms with E-state index < -0.39 is 0 Å². The highest BCUT2D eigenvalue weighted by atomic mass is 32.1. The average molecular weight is 671 g/mol. The van der Waals surface area contributed by atoms with Crippen LogP contribution in [0.25, 0.3) is 109 Å². The standard InChI is InChI=1S/C46H26N2O2S/c1-5-27(21-29(7-1)31-11-15-39-37(25-31)45-41(49-39)9-3-19-47-45)28-6-2-8-30(22-28)33-13-17-43-35(23-33)36-24-34(14-18-44(36)51-43)32-12-16-40-38(26-32)46-42(50-40)10-4-20-48-46/h1-26H. The second-order valence-electron chi connectivity index (χ2n) is 13.0. The second kappa shape index (κ2) is 11.0. The molecule has 4 nitrogen and oxygen atoms in total. The van der Waals surface area contributed by atoms with Crippen molar-refractivity contribution < 1.29 is 8.83 Å². The van der Waals surface area contributed by atoms with Crippen LogP contribution in [-0.4, -0.2) is 9.97 Å². The van der Waals surface area contributed by atoms with Crippen molar-refractivity contribution in [3.63, 3.8) is 0 Å². The summed E-state index contributed by atoms with van der Waals surface area (Å²) in [6.07, 6.45) is 3.64. The van der Waals surface area contributed by atoms with Crippen LogP contribution in [0.5, 0.6) is 0 Å². The average Bonchev–Trinajstić information content (AvgIpc) is 3.88. The summed E-state index contributed by atoms with van der Waals surface area (Å²) in [6.45, 7) is 0. The lowest BCUT2D eigenvalue weighted by Gasteiger charge is -2.09. The van der Waals surface area contributed by atoms with Gasteiger partial charge in [-0.25, -0.2) is 0 Å². The fraction of sp³-hybridized carbons (Fsp3) is 0. The van der Waals surface area contributed by atoms with E-state index >= 15 is 0 Å². The number of pyridine rings is 2. The Morgan fingerprint density at radius 1 is 0.333 bits per heavy atom. The van der Waals surface area contributed by atoms with Gasteiger partial charge in [-0.05, 0) is 129 Å². The van der Waals surface area contributed by atoms with Crippen molar-refractivity contribution in [1.29, 1.82) is 0 Å². The first-order valence-electron chi connectivity index (χ1n) is 16.9. The van der Waals surface area contributed by atoms with Crippen LogP contribution in [0, 0.1) is 0 Å². The molecule has 11 rings (SSSR count). The predicted octanol–water partition coefficient (Wildman–Crippen LogP) is 13.3. The lowest BCUT2D eigenvalue weighted by atomic mass is 9.95. The Hall–Kier alpha value is -6.56. The van der Waals surface area contributed by atoms with Gasteiger partial charge in [-0.15, -0.1) is 11.3 Å².